The number of hydrogen-bond acceptors (Lipinski definition) is 4. The fourth-order valence-electron chi connectivity index (χ4n) is 1.78. The van der Waals surface area contributed by atoms with Crippen molar-refractivity contribution in [3.8, 4) is 11.5 Å². The zero-order chi connectivity index (χ0) is 14.5. The summed E-state index contributed by atoms with van der Waals surface area (Å²) in [6.45, 7) is 0.764. The van der Waals surface area contributed by atoms with Gasteiger partial charge in [-0.25, -0.2) is 0 Å². The van der Waals surface area contributed by atoms with Crippen LogP contribution in [0.25, 0.3) is 0 Å². The molecule has 0 aliphatic rings. The molecule has 1 amide bonds. The van der Waals surface area contributed by atoms with E-state index in [1.807, 2.05) is 31.3 Å². The molecule has 2 aromatic rings. The number of amides is 1. The average molecular weight is 272 g/mol. The Kier molecular flexibility index (Phi) is 4.22. The minimum Gasteiger partial charge on any atom is -0.504 e. The van der Waals surface area contributed by atoms with Crippen molar-refractivity contribution in [3.63, 3.8) is 0 Å². The minimum atomic E-state index is -0.346. The molecule has 0 saturated carbocycles. The SMILES string of the molecule is CNCc1ccc(NC(=O)c2ccc(O)c(O)c2)cc1. The summed E-state index contributed by atoms with van der Waals surface area (Å²) in [5.41, 5.74) is 2.06. The Morgan fingerprint density at radius 3 is 2.35 bits per heavy atom. The summed E-state index contributed by atoms with van der Waals surface area (Å²) in [7, 11) is 1.87. The molecule has 0 spiro atoms. The number of carbonyl (C=O) groups is 1. The van der Waals surface area contributed by atoms with Crippen molar-refractivity contribution in [2.24, 2.45) is 0 Å². The Morgan fingerprint density at radius 2 is 1.75 bits per heavy atom. The first kappa shape index (κ1) is 13.9. The van der Waals surface area contributed by atoms with Crippen molar-refractivity contribution >= 4 is 11.6 Å². The number of nitrogens with one attached hydrogen (secondary N) is 2. The van der Waals surface area contributed by atoms with Crippen molar-refractivity contribution in [2.75, 3.05) is 12.4 Å². The third-order valence-corrected chi connectivity index (χ3v) is 2.83. The number of aromatic hydroxyl groups is 2. The summed E-state index contributed by atoms with van der Waals surface area (Å²) >= 11 is 0. The molecule has 5 heteroatoms. The summed E-state index contributed by atoms with van der Waals surface area (Å²) in [4.78, 5) is 12.0. The Balaban J connectivity index is 2.08. The second kappa shape index (κ2) is 6.08. The first-order chi connectivity index (χ1) is 9.60. The lowest BCUT2D eigenvalue weighted by atomic mass is 10.1. The lowest BCUT2D eigenvalue weighted by molar-refractivity contribution is 0.102. The molecule has 0 aliphatic carbocycles. The highest BCUT2D eigenvalue weighted by atomic mass is 16.3. The molecular formula is C15H16N2O3. The molecule has 2 rings (SSSR count). The highest BCUT2D eigenvalue weighted by Crippen LogP contribution is 2.25. The van der Waals surface area contributed by atoms with Crippen molar-refractivity contribution in [1.82, 2.24) is 5.32 Å². The van der Waals surface area contributed by atoms with Crippen LogP contribution < -0.4 is 10.6 Å². The van der Waals surface area contributed by atoms with Crippen LogP contribution in [0.5, 0.6) is 11.5 Å². The quantitative estimate of drug-likeness (QED) is 0.642. The van der Waals surface area contributed by atoms with Crippen LogP contribution in [0, 0.1) is 0 Å². The summed E-state index contributed by atoms with van der Waals surface area (Å²) in [5, 5.41) is 24.3. The molecule has 0 radical (unpaired) electrons. The lowest BCUT2D eigenvalue weighted by Gasteiger charge is -2.07. The molecule has 0 heterocycles. The predicted octanol–water partition coefficient (Wildman–Crippen LogP) is 2.07. The number of hydrogen-bond donors (Lipinski definition) is 4. The average Bonchev–Trinajstić information content (AvgIpc) is 2.44. The summed E-state index contributed by atoms with van der Waals surface area (Å²) < 4.78 is 0. The van der Waals surface area contributed by atoms with Crippen LogP contribution in [-0.4, -0.2) is 23.2 Å². The highest BCUT2D eigenvalue weighted by Gasteiger charge is 2.09. The maximum atomic E-state index is 12.0. The third kappa shape index (κ3) is 3.27. The third-order valence-electron chi connectivity index (χ3n) is 2.83. The summed E-state index contributed by atoms with van der Waals surface area (Å²) in [6, 6.07) is 11.4. The largest absolute Gasteiger partial charge is 0.504 e. The molecule has 104 valence electrons. The van der Waals surface area contributed by atoms with Gasteiger partial charge in [0.25, 0.3) is 5.91 Å². The number of phenolic OH excluding ortho intramolecular Hbond substituents is 2. The van der Waals surface area contributed by atoms with Crippen molar-refractivity contribution in [3.05, 3.63) is 53.6 Å². The van der Waals surface area contributed by atoms with Gasteiger partial charge in [-0.1, -0.05) is 12.1 Å². The van der Waals surface area contributed by atoms with E-state index in [9.17, 15) is 15.0 Å². The maximum Gasteiger partial charge on any atom is 0.255 e. The number of benzene rings is 2. The number of carbonyl (C=O) groups excluding carboxylic acids is 1. The molecule has 0 aromatic heterocycles. The van der Waals surface area contributed by atoms with E-state index in [-0.39, 0.29) is 23.0 Å². The molecule has 0 atom stereocenters. The van der Waals surface area contributed by atoms with Gasteiger partial charge in [0.05, 0.1) is 0 Å². The highest BCUT2D eigenvalue weighted by molar-refractivity contribution is 6.04. The van der Waals surface area contributed by atoms with E-state index in [0.29, 0.717) is 5.69 Å². The number of rotatable bonds is 4. The standard InChI is InChI=1S/C15H16N2O3/c1-16-9-10-2-5-12(6-3-10)17-15(20)11-4-7-13(18)14(19)8-11/h2-8,16,18-19H,9H2,1H3,(H,17,20). The zero-order valence-corrected chi connectivity index (χ0v) is 11.1. The zero-order valence-electron chi connectivity index (χ0n) is 11.1. The van der Waals surface area contributed by atoms with E-state index in [1.54, 1.807) is 0 Å². The van der Waals surface area contributed by atoms with E-state index in [4.69, 9.17) is 0 Å². The van der Waals surface area contributed by atoms with Crippen LogP contribution in [0.3, 0.4) is 0 Å². The van der Waals surface area contributed by atoms with Gasteiger partial charge < -0.3 is 20.8 Å². The second-order valence-electron chi connectivity index (χ2n) is 4.38. The molecule has 0 bridgehead atoms. The molecule has 20 heavy (non-hydrogen) atoms. The normalized spacial score (nSPS) is 10.2. The molecule has 4 N–H and O–H groups in total. The van der Waals surface area contributed by atoms with E-state index in [2.05, 4.69) is 10.6 Å². The Hall–Kier alpha value is -2.53. The van der Waals surface area contributed by atoms with E-state index < -0.39 is 0 Å². The fraction of sp³-hybridized carbons (Fsp3) is 0.133. The van der Waals surface area contributed by atoms with Gasteiger partial charge in [0.2, 0.25) is 0 Å². The van der Waals surface area contributed by atoms with Gasteiger partial charge in [-0.15, -0.1) is 0 Å². The first-order valence-corrected chi connectivity index (χ1v) is 6.17. The van der Waals surface area contributed by atoms with Crippen molar-refractivity contribution in [1.29, 1.82) is 0 Å². The Labute approximate surface area is 116 Å². The topological polar surface area (TPSA) is 81.6 Å². The predicted molar refractivity (Wildman–Crippen MR) is 76.9 cm³/mol. The van der Waals surface area contributed by atoms with E-state index in [1.165, 1.54) is 18.2 Å². The van der Waals surface area contributed by atoms with Gasteiger partial charge in [0.15, 0.2) is 11.5 Å². The van der Waals surface area contributed by atoms with Gasteiger partial charge >= 0.3 is 0 Å². The van der Waals surface area contributed by atoms with Gasteiger partial charge in [-0.3, -0.25) is 4.79 Å². The first-order valence-electron chi connectivity index (χ1n) is 6.17. The Bertz CT molecular complexity index is 609. The molecular weight excluding hydrogens is 256 g/mol. The smallest absolute Gasteiger partial charge is 0.255 e. The number of phenols is 2. The maximum absolute atomic E-state index is 12.0. The second-order valence-corrected chi connectivity index (χ2v) is 4.38. The fourth-order valence-corrected chi connectivity index (χ4v) is 1.78. The molecule has 0 saturated heterocycles. The van der Waals surface area contributed by atoms with Crippen LogP contribution in [0.2, 0.25) is 0 Å². The van der Waals surface area contributed by atoms with Gasteiger partial charge in [-0.2, -0.15) is 0 Å². The lowest BCUT2D eigenvalue weighted by Crippen LogP contribution is -2.12. The molecule has 0 aliphatic heterocycles. The monoisotopic (exact) mass is 272 g/mol. The van der Waals surface area contributed by atoms with Crippen molar-refractivity contribution < 1.29 is 15.0 Å². The van der Waals surface area contributed by atoms with Gasteiger partial charge in [0, 0.05) is 17.8 Å². The van der Waals surface area contributed by atoms with E-state index >= 15 is 0 Å². The van der Waals surface area contributed by atoms with Crippen LogP contribution in [0.4, 0.5) is 5.69 Å². The molecule has 0 fully saturated rings. The van der Waals surface area contributed by atoms with Crippen LogP contribution in [0.15, 0.2) is 42.5 Å². The summed E-state index contributed by atoms with van der Waals surface area (Å²) in [5.74, 6) is -0.915. The summed E-state index contributed by atoms with van der Waals surface area (Å²) in [6.07, 6.45) is 0. The minimum absolute atomic E-state index is 0.252. The molecule has 0 unspecified atom stereocenters. The van der Waals surface area contributed by atoms with Gasteiger partial charge in [0.1, 0.15) is 0 Å². The van der Waals surface area contributed by atoms with E-state index in [0.717, 1.165) is 12.1 Å². The molecule has 2 aromatic carbocycles. The van der Waals surface area contributed by atoms with Crippen molar-refractivity contribution in [2.45, 2.75) is 6.54 Å². The number of anilines is 1. The van der Waals surface area contributed by atoms with Crippen LogP contribution in [0.1, 0.15) is 15.9 Å². The van der Waals surface area contributed by atoms with Crippen LogP contribution >= 0.6 is 0 Å². The van der Waals surface area contributed by atoms with Crippen LogP contribution in [-0.2, 0) is 6.54 Å². The van der Waals surface area contributed by atoms with Gasteiger partial charge in [-0.05, 0) is 42.9 Å². The molecule has 5 nitrogen and oxygen atoms in total. The Morgan fingerprint density at radius 1 is 1.05 bits per heavy atom.